The summed E-state index contributed by atoms with van der Waals surface area (Å²) in [7, 11) is 0. The summed E-state index contributed by atoms with van der Waals surface area (Å²) in [6.07, 6.45) is 0.448. The maximum atomic E-state index is 12.2. The fourth-order valence-corrected chi connectivity index (χ4v) is 2.01. The average molecular weight is 284 g/mol. The first-order valence-electron chi connectivity index (χ1n) is 6.51. The van der Waals surface area contributed by atoms with Gasteiger partial charge >= 0.3 is 0 Å². The van der Waals surface area contributed by atoms with Gasteiger partial charge in [-0.3, -0.25) is 9.59 Å². The number of aromatic hydroxyl groups is 1. The van der Waals surface area contributed by atoms with E-state index in [1.165, 1.54) is 12.1 Å². The van der Waals surface area contributed by atoms with Crippen molar-refractivity contribution in [2.24, 2.45) is 0 Å². The predicted octanol–water partition coefficient (Wildman–Crippen LogP) is 2.45. The van der Waals surface area contributed by atoms with E-state index >= 15 is 0 Å². The molecule has 0 aliphatic rings. The van der Waals surface area contributed by atoms with E-state index in [4.69, 9.17) is 0 Å². The van der Waals surface area contributed by atoms with Gasteiger partial charge in [0, 0.05) is 0 Å². The molecule has 0 spiro atoms. The Hall–Kier alpha value is -2.82. The Kier molecular flexibility index (Phi) is 4.56. The standard InChI is InChI=1S/C16H16N2O3/c1-11(12-6-3-2-4-7-12)18-16(21)13-8-5-9-14(15(13)20)17-10-19/h2-11,20H,1H3,(H,17,19)(H,18,21). The summed E-state index contributed by atoms with van der Waals surface area (Å²) < 4.78 is 0. The Labute approximate surface area is 122 Å². The van der Waals surface area contributed by atoms with Gasteiger partial charge in [-0.1, -0.05) is 36.4 Å². The minimum absolute atomic E-state index is 0.115. The molecule has 108 valence electrons. The number of carbonyl (C=O) groups is 2. The van der Waals surface area contributed by atoms with Gasteiger partial charge in [-0.15, -0.1) is 0 Å². The largest absolute Gasteiger partial charge is 0.505 e. The van der Waals surface area contributed by atoms with E-state index in [1.54, 1.807) is 6.07 Å². The van der Waals surface area contributed by atoms with E-state index in [0.29, 0.717) is 6.41 Å². The maximum absolute atomic E-state index is 12.2. The van der Waals surface area contributed by atoms with Crippen molar-refractivity contribution in [3.8, 4) is 5.75 Å². The van der Waals surface area contributed by atoms with E-state index in [0.717, 1.165) is 5.56 Å². The molecule has 2 aromatic rings. The van der Waals surface area contributed by atoms with Crippen molar-refractivity contribution in [1.29, 1.82) is 0 Å². The molecular weight excluding hydrogens is 268 g/mol. The number of rotatable bonds is 5. The predicted molar refractivity (Wildman–Crippen MR) is 80.1 cm³/mol. The van der Waals surface area contributed by atoms with Gasteiger partial charge in [-0.05, 0) is 24.6 Å². The molecule has 5 heteroatoms. The quantitative estimate of drug-likeness (QED) is 0.583. The monoisotopic (exact) mass is 284 g/mol. The highest BCUT2D eigenvalue weighted by Gasteiger charge is 2.16. The van der Waals surface area contributed by atoms with Crippen molar-refractivity contribution in [2.45, 2.75) is 13.0 Å². The van der Waals surface area contributed by atoms with E-state index < -0.39 is 5.91 Å². The first-order chi connectivity index (χ1) is 10.1. The summed E-state index contributed by atoms with van der Waals surface area (Å²) in [5, 5.41) is 15.1. The number of nitrogens with one attached hydrogen (secondary N) is 2. The number of para-hydroxylation sites is 1. The molecule has 0 aliphatic carbocycles. The smallest absolute Gasteiger partial charge is 0.255 e. The molecule has 0 aromatic heterocycles. The molecular formula is C16H16N2O3. The van der Waals surface area contributed by atoms with E-state index in [-0.39, 0.29) is 23.0 Å². The van der Waals surface area contributed by atoms with Crippen LogP contribution in [0.25, 0.3) is 0 Å². The number of anilines is 1. The van der Waals surface area contributed by atoms with Crippen LogP contribution >= 0.6 is 0 Å². The second kappa shape index (κ2) is 6.56. The number of phenolic OH excluding ortho intramolecular Hbond substituents is 1. The molecule has 3 N–H and O–H groups in total. The zero-order valence-corrected chi connectivity index (χ0v) is 11.5. The molecule has 0 saturated heterocycles. The van der Waals surface area contributed by atoms with Crippen molar-refractivity contribution in [2.75, 3.05) is 5.32 Å². The summed E-state index contributed by atoms with van der Waals surface area (Å²) in [6, 6.07) is 13.9. The van der Waals surface area contributed by atoms with Crippen LogP contribution in [0.3, 0.4) is 0 Å². The number of benzene rings is 2. The van der Waals surface area contributed by atoms with Crippen LogP contribution in [0.5, 0.6) is 5.75 Å². The van der Waals surface area contributed by atoms with E-state index in [2.05, 4.69) is 10.6 Å². The van der Waals surface area contributed by atoms with Crippen LogP contribution < -0.4 is 10.6 Å². The highest BCUT2D eigenvalue weighted by Crippen LogP contribution is 2.27. The number of carbonyl (C=O) groups excluding carboxylic acids is 2. The molecule has 2 rings (SSSR count). The summed E-state index contributed by atoms with van der Waals surface area (Å²) in [6.45, 7) is 1.86. The third-order valence-corrected chi connectivity index (χ3v) is 3.14. The van der Waals surface area contributed by atoms with Gasteiger partial charge in [-0.2, -0.15) is 0 Å². The molecule has 0 radical (unpaired) electrons. The molecule has 0 aliphatic heterocycles. The van der Waals surface area contributed by atoms with Crippen LogP contribution in [0.4, 0.5) is 5.69 Å². The average Bonchev–Trinajstić information content (AvgIpc) is 2.50. The van der Waals surface area contributed by atoms with Gasteiger partial charge in [0.05, 0.1) is 17.3 Å². The lowest BCUT2D eigenvalue weighted by Crippen LogP contribution is -2.26. The highest BCUT2D eigenvalue weighted by atomic mass is 16.3. The van der Waals surface area contributed by atoms with Gasteiger partial charge in [0.2, 0.25) is 6.41 Å². The summed E-state index contributed by atoms with van der Waals surface area (Å²) >= 11 is 0. The Morgan fingerprint density at radius 1 is 1.14 bits per heavy atom. The van der Waals surface area contributed by atoms with Crippen molar-refractivity contribution in [1.82, 2.24) is 5.32 Å². The van der Waals surface area contributed by atoms with Gasteiger partial charge in [-0.25, -0.2) is 0 Å². The molecule has 2 amide bonds. The normalized spacial score (nSPS) is 11.5. The van der Waals surface area contributed by atoms with Gasteiger partial charge in [0.15, 0.2) is 5.75 Å². The minimum Gasteiger partial charge on any atom is -0.505 e. The molecule has 0 fully saturated rings. The molecule has 5 nitrogen and oxygen atoms in total. The Morgan fingerprint density at radius 2 is 1.86 bits per heavy atom. The van der Waals surface area contributed by atoms with Crippen LogP contribution in [-0.2, 0) is 4.79 Å². The minimum atomic E-state index is -0.404. The lowest BCUT2D eigenvalue weighted by molar-refractivity contribution is -0.105. The highest BCUT2D eigenvalue weighted by molar-refractivity contribution is 5.99. The van der Waals surface area contributed by atoms with Crippen molar-refractivity contribution in [3.05, 3.63) is 59.7 Å². The number of hydrogen-bond donors (Lipinski definition) is 3. The van der Waals surface area contributed by atoms with E-state index in [1.807, 2.05) is 37.3 Å². The Morgan fingerprint density at radius 3 is 2.52 bits per heavy atom. The zero-order valence-electron chi connectivity index (χ0n) is 11.5. The van der Waals surface area contributed by atoms with Crippen LogP contribution in [0.2, 0.25) is 0 Å². The summed E-state index contributed by atoms with van der Waals surface area (Å²) in [5.74, 6) is -0.652. The maximum Gasteiger partial charge on any atom is 0.255 e. The lowest BCUT2D eigenvalue weighted by atomic mass is 10.1. The van der Waals surface area contributed by atoms with Crippen LogP contribution in [0.15, 0.2) is 48.5 Å². The van der Waals surface area contributed by atoms with E-state index in [9.17, 15) is 14.7 Å². The van der Waals surface area contributed by atoms with Crippen molar-refractivity contribution < 1.29 is 14.7 Å². The molecule has 21 heavy (non-hydrogen) atoms. The molecule has 2 aromatic carbocycles. The molecule has 0 bridgehead atoms. The second-order valence-corrected chi connectivity index (χ2v) is 4.57. The third kappa shape index (κ3) is 3.39. The van der Waals surface area contributed by atoms with Crippen LogP contribution in [0, 0.1) is 0 Å². The SMILES string of the molecule is CC(NC(=O)c1cccc(NC=O)c1O)c1ccccc1. The van der Waals surface area contributed by atoms with Gasteiger partial charge in [0.25, 0.3) is 5.91 Å². The molecule has 1 unspecified atom stereocenters. The second-order valence-electron chi connectivity index (χ2n) is 4.57. The Bertz CT molecular complexity index is 641. The van der Waals surface area contributed by atoms with Crippen molar-refractivity contribution >= 4 is 18.0 Å². The first kappa shape index (κ1) is 14.6. The fourth-order valence-electron chi connectivity index (χ4n) is 2.01. The topological polar surface area (TPSA) is 78.4 Å². The first-order valence-corrected chi connectivity index (χ1v) is 6.51. The lowest BCUT2D eigenvalue weighted by Gasteiger charge is -2.15. The van der Waals surface area contributed by atoms with Gasteiger partial charge in [0.1, 0.15) is 0 Å². The van der Waals surface area contributed by atoms with Crippen LogP contribution in [-0.4, -0.2) is 17.4 Å². The number of phenols is 1. The summed E-state index contributed by atoms with van der Waals surface area (Å²) in [4.78, 5) is 22.7. The Balaban J connectivity index is 2.17. The molecule has 0 heterocycles. The zero-order chi connectivity index (χ0) is 15.2. The summed E-state index contributed by atoms with van der Waals surface area (Å²) in [5.41, 5.74) is 1.28. The number of hydrogen-bond acceptors (Lipinski definition) is 3. The van der Waals surface area contributed by atoms with Crippen LogP contribution in [0.1, 0.15) is 28.9 Å². The third-order valence-electron chi connectivity index (χ3n) is 3.14. The van der Waals surface area contributed by atoms with Crippen molar-refractivity contribution in [3.63, 3.8) is 0 Å². The fraction of sp³-hybridized carbons (Fsp3) is 0.125. The van der Waals surface area contributed by atoms with Gasteiger partial charge < -0.3 is 15.7 Å². The number of amides is 2. The molecule has 0 saturated carbocycles. The molecule has 1 atom stereocenters.